The summed E-state index contributed by atoms with van der Waals surface area (Å²) in [4.78, 5) is 30.6. The highest BCUT2D eigenvalue weighted by molar-refractivity contribution is 7.99. The number of benzene rings is 2. The number of hydrogen-bond acceptors (Lipinski definition) is 13. The fourth-order valence-electron chi connectivity index (χ4n) is 8.43. The minimum atomic E-state index is -0.634. The van der Waals surface area contributed by atoms with Crippen LogP contribution in [0.4, 0.5) is 0 Å². The van der Waals surface area contributed by atoms with E-state index in [4.69, 9.17) is 23.7 Å². The van der Waals surface area contributed by atoms with Gasteiger partial charge < -0.3 is 34.1 Å². The zero-order valence-electron chi connectivity index (χ0n) is 27.4. The van der Waals surface area contributed by atoms with E-state index >= 15 is 0 Å². The molecule has 47 heavy (non-hydrogen) atoms. The number of esters is 2. The summed E-state index contributed by atoms with van der Waals surface area (Å²) in [7, 11) is 3.56. The number of hydrogen-bond donors (Lipinski definition) is 2. The van der Waals surface area contributed by atoms with Crippen molar-refractivity contribution < 1.29 is 38.4 Å². The lowest BCUT2D eigenvalue weighted by atomic mass is 9.71. The zero-order chi connectivity index (χ0) is 33.3. The second-order valence-corrected chi connectivity index (χ2v) is 14.1. The molecule has 6 aliphatic heterocycles. The summed E-state index contributed by atoms with van der Waals surface area (Å²) in [5, 5.41) is 25.7. The number of methoxy groups -OCH3 is 1. The normalized spacial score (nSPS) is 29.2. The van der Waals surface area contributed by atoms with Gasteiger partial charge in [-0.05, 0) is 51.4 Å². The first-order valence-electron chi connectivity index (χ1n) is 16.1. The van der Waals surface area contributed by atoms with Gasteiger partial charge in [0.05, 0.1) is 30.5 Å². The molecular weight excluding hydrogens is 624 g/mol. The highest BCUT2D eigenvalue weighted by Crippen LogP contribution is 2.64. The maximum absolute atomic E-state index is 13.5. The van der Waals surface area contributed by atoms with Crippen LogP contribution in [0, 0.1) is 25.2 Å². The fraction of sp³-hybridized carbons (Fsp3) is 0.559. The Labute approximate surface area is 278 Å². The molecule has 2 unspecified atom stereocenters. The molecule has 8 rings (SSSR count). The number of aromatic hydroxyl groups is 1. The van der Waals surface area contributed by atoms with Crippen molar-refractivity contribution in [2.45, 2.75) is 82.0 Å². The van der Waals surface area contributed by atoms with E-state index in [2.05, 4.69) is 27.3 Å². The standard InChI is InChI=1S/C34H40N4O8S/c1-7-8-36-19-13-47-33-25-24(32-31(44-14-45-32)16(3)30(25)46-17(4)39)22(12-43-34(19)41)38-21(11-35)20-10-18-9-15(2)29(42-6)28(40)23(18)26(27(33)38)37(20)5/h9,19-22,26-27,33,36,40H,7-8,10,12-14H2,1-6H3/t19?,20-,21-,22-,26+,27?,33+/m0/s1. The molecule has 0 saturated carbocycles. The number of fused-ring (bicyclic) bond motifs is 10. The van der Waals surface area contributed by atoms with E-state index in [1.165, 1.54) is 6.92 Å². The Balaban J connectivity index is 1.53. The van der Waals surface area contributed by atoms with Gasteiger partial charge in [0.25, 0.3) is 0 Å². The molecule has 2 saturated heterocycles. The van der Waals surface area contributed by atoms with Gasteiger partial charge in [-0.15, -0.1) is 11.8 Å². The Morgan fingerprint density at radius 1 is 1.19 bits per heavy atom. The molecule has 2 fully saturated rings. The van der Waals surface area contributed by atoms with Crippen molar-refractivity contribution in [1.82, 2.24) is 15.1 Å². The molecule has 6 aliphatic rings. The SMILES string of the molecule is CCCNC1CS[C@@H]2c3c(OC(C)=O)c(C)c4c(c3[C@H](COC1=O)N1C2[C@H]2c3c(cc(C)c(OC)c3O)C[C@@H]([C@@H]1C#N)N2C)OCO4. The van der Waals surface area contributed by atoms with Crippen LogP contribution >= 0.6 is 11.8 Å². The molecule has 0 aliphatic carbocycles. The number of rotatable bonds is 5. The van der Waals surface area contributed by atoms with E-state index in [0.29, 0.717) is 52.8 Å². The first-order chi connectivity index (χ1) is 22.6. The third-order valence-corrected chi connectivity index (χ3v) is 11.7. The molecule has 7 atom stereocenters. The molecule has 2 N–H and O–H groups in total. The molecule has 0 radical (unpaired) electrons. The van der Waals surface area contributed by atoms with Gasteiger partial charge in [-0.2, -0.15) is 5.26 Å². The van der Waals surface area contributed by atoms with Gasteiger partial charge in [0.1, 0.15) is 24.4 Å². The number of aryl methyl sites for hydroxylation is 1. The van der Waals surface area contributed by atoms with Gasteiger partial charge in [0.2, 0.25) is 6.79 Å². The highest BCUT2D eigenvalue weighted by Gasteiger charge is 2.60. The molecule has 2 aromatic carbocycles. The highest BCUT2D eigenvalue weighted by atomic mass is 32.2. The number of nitrogens with zero attached hydrogens (tertiary/aromatic N) is 3. The van der Waals surface area contributed by atoms with Crippen LogP contribution in [0.3, 0.4) is 0 Å². The lowest BCUT2D eigenvalue weighted by molar-refractivity contribution is -0.151. The summed E-state index contributed by atoms with van der Waals surface area (Å²) < 4.78 is 29.9. The van der Waals surface area contributed by atoms with Crippen LogP contribution in [0.2, 0.25) is 0 Å². The quantitative estimate of drug-likeness (QED) is 0.355. The van der Waals surface area contributed by atoms with Gasteiger partial charge in [-0.25, -0.2) is 0 Å². The topological polar surface area (TPSA) is 143 Å². The lowest BCUT2D eigenvalue weighted by Crippen LogP contribution is -2.69. The van der Waals surface area contributed by atoms with Gasteiger partial charge >= 0.3 is 11.9 Å². The number of carbonyl (C=O) groups excluding carboxylic acids is 2. The van der Waals surface area contributed by atoms with Crippen molar-refractivity contribution in [1.29, 1.82) is 5.26 Å². The number of piperazine rings is 1. The van der Waals surface area contributed by atoms with Crippen molar-refractivity contribution in [2.75, 3.05) is 39.9 Å². The van der Waals surface area contributed by atoms with Crippen LogP contribution in [-0.4, -0.2) is 90.9 Å². The molecule has 250 valence electrons. The molecular formula is C34H40N4O8S. The summed E-state index contributed by atoms with van der Waals surface area (Å²) in [5.41, 5.74) is 4.66. The second kappa shape index (κ2) is 12.1. The predicted molar refractivity (Wildman–Crippen MR) is 172 cm³/mol. The number of ether oxygens (including phenoxy) is 5. The summed E-state index contributed by atoms with van der Waals surface area (Å²) in [6.07, 6.45) is 1.38. The minimum Gasteiger partial charge on any atom is -0.504 e. The molecule has 13 heteroatoms. The Morgan fingerprint density at radius 3 is 2.66 bits per heavy atom. The average Bonchev–Trinajstić information content (AvgIpc) is 3.53. The van der Waals surface area contributed by atoms with Crippen LogP contribution < -0.4 is 24.3 Å². The average molecular weight is 665 g/mol. The predicted octanol–water partition coefficient (Wildman–Crippen LogP) is 3.60. The monoisotopic (exact) mass is 664 g/mol. The van der Waals surface area contributed by atoms with E-state index in [0.717, 1.165) is 28.7 Å². The number of likely N-dealkylation sites (N-methyl/N-ethyl adjacent to an activating group) is 1. The third-order valence-electron chi connectivity index (χ3n) is 10.3. The fourth-order valence-corrected chi connectivity index (χ4v) is 9.97. The Morgan fingerprint density at radius 2 is 1.96 bits per heavy atom. The number of nitriles is 1. The van der Waals surface area contributed by atoms with Crippen molar-refractivity contribution in [2.24, 2.45) is 0 Å². The largest absolute Gasteiger partial charge is 0.504 e. The molecule has 6 heterocycles. The lowest BCUT2D eigenvalue weighted by Gasteiger charge is -2.61. The molecule has 0 aromatic heterocycles. The van der Waals surface area contributed by atoms with Crippen LogP contribution in [0.25, 0.3) is 0 Å². The Hall–Kier alpha value is -3.70. The maximum Gasteiger partial charge on any atom is 0.324 e. The zero-order valence-corrected chi connectivity index (χ0v) is 28.2. The second-order valence-electron chi connectivity index (χ2n) is 12.9. The van der Waals surface area contributed by atoms with E-state index < -0.39 is 35.4 Å². The van der Waals surface area contributed by atoms with Crippen LogP contribution in [0.1, 0.15) is 71.0 Å². The maximum atomic E-state index is 13.5. The van der Waals surface area contributed by atoms with E-state index in [1.807, 2.05) is 27.8 Å². The van der Waals surface area contributed by atoms with Crippen molar-refractivity contribution in [3.63, 3.8) is 0 Å². The smallest absolute Gasteiger partial charge is 0.324 e. The van der Waals surface area contributed by atoms with Gasteiger partial charge in [-0.3, -0.25) is 19.4 Å². The molecule has 12 nitrogen and oxygen atoms in total. The molecule has 4 bridgehead atoms. The van der Waals surface area contributed by atoms with Gasteiger partial charge in [-0.1, -0.05) is 13.0 Å². The molecule has 0 spiro atoms. The van der Waals surface area contributed by atoms with Crippen molar-refractivity contribution in [3.8, 4) is 34.8 Å². The number of nitrogens with one attached hydrogen (secondary N) is 1. The number of carbonyl (C=O) groups is 2. The summed E-state index contributed by atoms with van der Waals surface area (Å²) in [6, 6.07) is 1.84. The van der Waals surface area contributed by atoms with Gasteiger partial charge in [0, 0.05) is 47.0 Å². The van der Waals surface area contributed by atoms with E-state index in [-0.39, 0.29) is 37.2 Å². The number of phenolic OH excluding ortho intramolecular Hbond substituents is 1. The number of phenols is 1. The summed E-state index contributed by atoms with van der Waals surface area (Å²) in [6.45, 7) is 7.74. The Kier molecular flexibility index (Phi) is 8.19. The Bertz CT molecular complexity index is 1690. The first kappa shape index (κ1) is 31.9. The minimum absolute atomic E-state index is 0.0149. The van der Waals surface area contributed by atoms with Crippen LogP contribution in [0.5, 0.6) is 28.7 Å². The van der Waals surface area contributed by atoms with Crippen molar-refractivity contribution >= 4 is 23.7 Å². The van der Waals surface area contributed by atoms with Crippen LogP contribution in [-0.2, 0) is 20.7 Å². The third kappa shape index (κ3) is 4.75. The van der Waals surface area contributed by atoms with E-state index in [1.54, 1.807) is 18.9 Å². The van der Waals surface area contributed by atoms with Crippen LogP contribution in [0.15, 0.2) is 6.07 Å². The first-order valence-corrected chi connectivity index (χ1v) is 17.1. The summed E-state index contributed by atoms with van der Waals surface area (Å²) in [5.74, 6) is 1.41. The molecule has 2 aromatic rings. The van der Waals surface area contributed by atoms with Crippen molar-refractivity contribution in [3.05, 3.63) is 39.4 Å². The number of thioether (sulfide) groups is 1. The van der Waals surface area contributed by atoms with Gasteiger partial charge in [0.15, 0.2) is 23.0 Å². The molecule has 0 amide bonds. The summed E-state index contributed by atoms with van der Waals surface area (Å²) >= 11 is 1.55. The van der Waals surface area contributed by atoms with E-state index in [9.17, 15) is 20.0 Å².